The van der Waals surface area contributed by atoms with E-state index in [9.17, 15) is 9.59 Å². The third-order valence-electron chi connectivity index (χ3n) is 5.81. The zero-order chi connectivity index (χ0) is 22.4. The number of amides is 2. The molecule has 31 heavy (non-hydrogen) atoms. The van der Waals surface area contributed by atoms with Crippen LogP contribution in [0.5, 0.6) is 0 Å². The minimum atomic E-state index is -0.889. The van der Waals surface area contributed by atoms with Gasteiger partial charge in [-0.25, -0.2) is 0 Å². The lowest BCUT2D eigenvalue weighted by atomic mass is 9.87. The first-order valence-corrected chi connectivity index (χ1v) is 10.9. The molecular formula is C26H31N3O2. The molecule has 1 unspecified atom stereocenters. The summed E-state index contributed by atoms with van der Waals surface area (Å²) in [4.78, 5) is 31.9. The quantitative estimate of drug-likeness (QED) is 0.727. The molecule has 0 radical (unpaired) electrons. The summed E-state index contributed by atoms with van der Waals surface area (Å²) >= 11 is 0. The molecular weight excluding hydrogens is 386 g/mol. The maximum atomic E-state index is 13.5. The lowest BCUT2D eigenvalue weighted by molar-refractivity contribution is -0.125. The first-order chi connectivity index (χ1) is 14.8. The predicted molar refractivity (Wildman–Crippen MR) is 123 cm³/mol. The number of carbonyl (C=O) groups excluding carboxylic acids is 2. The molecule has 1 aliphatic carbocycles. The van der Waals surface area contributed by atoms with E-state index in [1.807, 2.05) is 24.3 Å². The summed E-state index contributed by atoms with van der Waals surface area (Å²) < 4.78 is 0. The Labute approximate surface area is 185 Å². The van der Waals surface area contributed by atoms with E-state index in [0.717, 1.165) is 31.2 Å². The Balaban J connectivity index is 2.00. The minimum Gasteiger partial charge on any atom is -0.351 e. The Bertz CT molecular complexity index is 933. The summed E-state index contributed by atoms with van der Waals surface area (Å²) in [6, 6.07) is 10.5. The van der Waals surface area contributed by atoms with E-state index < -0.39 is 11.9 Å². The third-order valence-corrected chi connectivity index (χ3v) is 5.81. The van der Waals surface area contributed by atoms with Crippen LogP contribution in [0.1, 0.15) is 70.0 Å². The number of nitrogens with one attached hydrogen (secondary N) is 1. The molecule has 1 fully saturated rings. The van der Waals surface area contributed by atoms with Gasteiger partial charge in [0.2, 0.25) is 5.91 Å². The Hall–Kier alpha value is -3.13. The van der Waals surface area contributed by atoms with Crippen molar-refractivity contribution in [1.82, 2.24) is 10.3 Å². The van der Waals surface area contributed by atoms with Crippen molar-refractivity contribution >= 4 is 17.5 Å². The second-order valence-electron chi connectivity index (χ2n) is 9.15. The molecule has 5 nitrogen and oxygen atoms in total. The molecule has 0 bridgehead atoms. The third kappa shape index (κ3) is 5.52. The topological polar surface area (TPSA) is 62.3 Å². The Kier molecular flexibility index (Phi) is 7.12. The highest BCUT2D eigenvalue weighted by atomic mass is 16.2. The smallest absolute Gasteiger partial charge is 0.303 e. The summed E-state index contributed by atoms with van der Waals surface area (Å²) in [7, 11) is 0. The lowest BCUT2D eigenvalue weighted by Gasteiger charge is -2.32. The molecule has 2 amide bonds. The van der Waals surface area contributed by atoms with Crippen molar-refractivity contribution in [2.45, 2.75) is 70.4 Å². The molecule has 5 heteroatoms. The molecule has 1 aromatic carbocycles. The number of carbonyl (C=O) groups is 2. The second kappa shape index (κ2) is 9.78. The van der Waals surface area contributed by atoms with E-state index in [1.165, 1.54) is 11.3 Å². The maximum absolute atomic E-state index is 13.5. The molecule has 2 aromatic rings. The number of terminal acetylenes is 1. The summed E-state index contributed by atoms with van der Waals surface area (Å²) in [6.45, 7) is 6.38. The molecule has 0 spiro atoms. The molecule has 1 atom stereocenters. The Morgan fingerprint density at radius 3 is 2.35 bits per heavy atom. The number of pyridine rings is 1. The van der Waals surface area contributed by atoms with Crippen molar-refractivity contribution in [3.8, 4) is 12.3 Å². The van der Waals surface area contributed by atoms with E-state index in [-0.39, 0.29) is 17.4 Å². The van der Waals surface area contributed by atoms with Crippen molar-refractivity contribution in [3.05, 3.63) is 59.9 Å². The number of nitrogens with zero attached hydrogens (tertiary/aromatic N) is 2. The SMILES string of the molecule is C#CC(=O)N(c1ccc(C(C)(C)C)cc1)C(C(=O)NC1CCCCC1)c1cccnc1. The Morgan fingerprint density at radius 2 is 1.81 bits per heavy atom. The van der Waals surface area contributed by atoms with Gasteiger partial charge in [0.15, 0.2) is 0 Å². The molecule has 1 heterocycles. The van der Waals surface area contributed by atoms with Crippen LogP contribution < -0.4 is 10.2 Å². The average Bonchev–Trinajstić information content (AvgIpc) is 2.77. The van der Waals surface area contributed by atoms with Crippen LogP contribution in [0.3, 0.4) is 0 Å². The normalized spacial score (nSPS) is 15.5. The monoisotopic (exact) mass is 417 g/mol. The van der Waals surface area contributed by atoms with Crippen molar-refractivity contribution in [2.75, 3.05) is 4.90 Å². The zero-order valence-corrected chi connectivity index (χ0v) is 18.6. The first-order valence-electron chi connectivity index (χ1n) is 10.9. The predicted octanol–water partition coefficient (Wildman–Crippen LogP) is 4.54. The summed E-state index contributed by atoms with van der Waals surface area (Å²) in [5.74, 6) is 1.41. The van der Waals surface area contributed by atoms with Crippen LogP contribution in [0.2, 0.25) is 0 Å². The second-order valence-corrected chi connectivity index (χ2v) is 9.15. The fourth-order valence-corrected chi connectivity index (χ4v) is 4.06. The van der Waals surface area contributed by atoms with Gasteiger partial charge in [0.25, 0.3) is 0 Å². The number of anilines is 1. The van der Waals surface area contributed by atoms with Gasteiger partial charge in [-0.15, -0.1) is 6.42 Å². The average molecular weight is 418 g/mol. The summed E-state index contributed by atoms with van der Waals surface area (Å²) in [5.41, 5.74) is 2.32. The van der Waals surface area contributed by atoms with Crippen LogP contribution in [0.4, 0.5) is 5.69 Å². The fraction of sp³-hybridized carbons (Fsp3) is 0.423. The van der Waals surface area contributed by atoms with Crippen molar-refractivity contribution in [2.24, 2.45) is 0 Å². The largest absolute Gasteiger partial charge is 0.351 e. The molecule has 1 saturated carbocycles. The number of hydrogen-bond donors (Lipinski definition) is 1. The van der Waals surface area contributed by atoms with E-state index in [1.54, 1.807) is 24.5 Å². The van der Waals surface area contributed by atoms with Gasteiger partial charge in [-0.05, 0) is 47.9 Å². The van der Waals surface area contributed by atoms with Crippen molar-refractivity contribution in [1.29, 1.82) is 0 Å². The van der Waals surface area contributed by atoms with Gasteiger partial charge in [-0.1, -0.05) is 58.2 Å². The maximum Gasteiger partial charge on any atom is 0.303 e. The van der Waals surface area contributed by atoms with Crippen LogP contribution >= 0.6 is 0 Å². The first kappa shape index (κ1) is 22.6. The van der Waals surface area contributed by atoms with Crippen molar-refractivity contribution < 1.29 is 9.59 Å². The zero-order valence-electron chi connectivity index (χ0n) is 18.6. The molecule has 1 N–H and O–H groups in total. The number of hydrogen-bond acceptors (Lipinski definition) is 3. The highest BCUT2D eigenvalue weighted by molar-refractivity contribution is 6.09. The molecule has 162 valence electrons. The van der Waals surface area contributed by atoms with Crippen LogP contribution in [0, 0.1) is 12.3 Å². The van der Waals surface area contributed by atoms with Gasteiger partial charge in [-0.2, -0.15) is 0 Å². The van der Waals surface area contributed by atoms with Crippen LogP contribution in [-0.2, 0) is 15.0 Å². The molecule has 0 aliphatic heterocycles. The summed E-state index contributed by atoms with van der Waals surface area (Å²) in [6.07, 6.45) is 14.1. The van der Waals surface area contributed by atoms with Gasteiger partial charge in [0.1, 0.15) is 6.04 Å². The van der Waals surface area contributed by atoms with E-state index in [0.29, 0.717) is 11.3 Å². The van der Waals surface area contributed by atoms with Crippen molar-refractivity contribution in [3.63, 3.8) is 0 Å². The minimum absolute atomic E-state index is 0.0272. The number of aromatic nitrogens is 1. The van der Waals surface area contributed by atoms with Crippen LogP contribution in [-0.4, -0.2) is 22.8 Å². The highest BCUT2D eigenvalue weighted by Crippen LogP contribution is 2.31. The van der Waals surface area contributed by atoms with Gasteiger partial charge >= 0.3 is 5.91 Å². The summed E-state index contributed by atoms with van der Waals surface area (Å²) in [5, 5.41) is 3.15. The standard InChI is InChI=1S/C26H31N3O2/c1-5-23(30)29(22-15-13-20(14-16-22)26(2,3)4)24(19-10-9-17-27-18-19)25(31)28-21-11-7-6-8-12-21/h1,9-10,13-18,21,24H,6-8,11-12H2,2-4H3,(H,28,31). The van der Waals surface area contributed by atoms with E-state index in [4.69, 9.17) is 6.42 Å². The molecule has 3 rings (SSSR count). The number of rotatable bonds is 5. The van der Waals surface area contributed by atoms with Gasteiger partial charge in [-0.3, -0.25) is 19.5 Å². The molecule has 1 aromatic heterocycles. The van der Waals surface area contributed by atoms with E-state index in [2.05, 4.69) is 37.0 Å². The van der Waals surface area contributed by atoms with Gasteiger partial charge in [0, 0.05) is 29.7 Å². The van der Waals surface area contributed by atoms with Crippen LogP contribution in [0.25, 0.3) is 0 Å². The lowest BCUT2D eigenvalue weighted by Crippen LogP contribution is -2.47. The fourth-order valence-electron chi connectivity index (χ4n) is 4.06. The Morgan fingerprint density at radius 1 is 1.13 bits per heavy atom. The van der Waals surface area contributed by atoms with Crippen LogP contribution in [0.15, 0.2) is 48.8 Å². The van der Waals surface area contributed by atoms with Gasteiger partial charge < -0.3 is 5.32 Å². The molecule has 0 saturated heterocycles. The highest BCUT2D eigenvalue weighted by Gasteiger charge is 2.33. The van der Waals surface area contributed by atoms with Gasteiger partial charge in [0.05, 0.1) is 0 Å². The van der Waals surface area contributed by atoms with E-state index >= 15 is 0 Å². The molecule has 1 aliphatic rings. The number of benzene rings is 1.